The first-order valence-corrected chi connectivity index (χ1v) is 10.2. The van der Waals surface area contributed by atoms with Gasteiger partial charge in [-0.15, -0.1) is 0 Å². The molecule has 0 aliphatic heterocycles. The normalized spacial score (nSPS) is 55.5. The van der Waals surface area contributed by atoms with Crippen LogP contribution in [0, 0.1) is 40.4 Å². The molecule has 9 atom stereocenters. The van der Waals surface area contributed by atoms with Gasteiger partial charge in [0.15, 0.2) is 0 Å². The van der Waals surface area contributed by atoms with Crippen LogP contribution in [0.1, 0.15) is 72.1 Å². The molecule has 0 amide bonds. The average molecular weight is 335 g/mol. The molecule has 0 aromatic heterocycles. The lowest BCUT2D eigenvalue weighted by atomic mass is 9.44. The van der Waals surface area contributed by atoms with Crippen LogP contribution >= 0.6 is 0 Å². The van der Waals surface area contributed by atoms with Crippen molar-refractivity contribution in [2.75, 3.05) is 0 Å². The molecule has 0 aromatic rings. The van der Waals surface area contributed by atoms with Crippen molar-refractivity contribution in [3.8, 4) is 0 Å². The van der Waals surface area contributed by atoms with Gasteiger partial charge in [0.05, 0.1) is 12.2 Å². The van der Waals surface area contributed by atoms with Gasteiger partial charge in [0.1, 0.15) is 5.78 Å². The number of aliphatic hydroxyl groups is 2. The number of rotatable bonds is 1. The van der Waals surface area contributed by atoms with Crippen molar-refractivity contribution in [2.45, 2.75) is 84.3 Å². The van der Waals surface area contributed by atoms with E-state index >= 15 is 0 Å². The topological polar surface area (TPSA) is 57.5 Å². The zero-order valence-corrected chi connectivity index (χ0v) is 15.5. The van der Waals surface area contributed by atoms with Gasteiger partial charge in [-0.3, -0.25) is 4.79 Å². The Labute approximate surface area is 146 Å². The minimum Gasteiger partial charge on any atom is -0.393 e. The summed E-state index contributed by atoms with van der Waals surface area (Å²) in [4.78, 5) is 13.3. The summed E-state index contributed by atoms with van der Waals surface area (Å²) in [6, 6.07) is 0. The van der Waals surface area contributed by atoms with Crippen LogP contribution in [0.15, 0.2) is 0 Å². The van der Waals surface area contributed by atoms with Crippen molar-refractivity contribution >= 4 is 5.78 Å². The number of fused-ring (bicyclic) bond motifs is 5. The second kappa shape index (κ2) is 5.54. The molecule has 3 nitrogen and oxygen atoms in total. The predicted octanol–water partition coefficient (Wildman–Crippen LogP) is 3.57. The first-order valence-electron chi connectivity index (χ1n) is 10.2. The summed E-state index contributed by atoms with van der Waals surface area (Å²) in [5.74, 6) is 2.58. The molecule has 0 saturated heterocycles. The highest BCUT2D eigenvalue weighted by Crippen LogP contribution is 2.66. The largest absolute Gasteiger partial charge is 0.393 e. The molecule has 4 aliphatic carbocycles. The Balaban J connectivity index is 1.67. The van der Waals surface area contributed by atoms with E-state index in [1.165, 1.54) is 12.8 Å². The third-order valence-corrected chi connectivity index (χ3v) is 8.98. The Morgan fingerprint density at radius 1 is 1.08 bits per heavy atom. The predicted molar refractivity (Wildman–Crippen MR) is 93.3 cm³/mol. The van der Waals surface area contributed by atoms with E-state index in [2.05, 4.69) is 13.8 Å². The molecule has 4 fully saturated rings. The standard InChI is InChI=1S/C21H34O3/c1-12(22)16-6-7-17-15-5-4-13-10-14(23)8-9-20(13,2)19(15)18(24)11-21(16,17)3/h12-17,19,22-23H,4-11H2,1-3H3/t12-,13+,14+,15-,16+,17+,19-,20-,21+/m0/s1. The Morgan fingerprint density at radius 3 is 2.54 bits per heavy atom. The molecule has 4 saturated carbocycles. The van der Waals surface area contributed by atoms with E-state index in [1.807, 2.05) is 6.92 Å². The third kappa shape index (κ3) is 2.19. The van der Waals surface area contributed by atoms with Crippen LogP contribution < -0.4 is 0 Å². The van der Waals surface area contributed by atoms with Crippen LogP contribution in [-0.4, -0.2) is 28.2 Å². The lowest BCUT2D eigenvalue weighted by Crippen LogP contribution is -2.58. The second-order valence-corrected chi connectivity index (χ2v) is 10.0. The van der Waals surface area contributed by atoms with Crippen molar-refractivity contribution in [1.29, 1.82) is 0 Å². The van der Waals surface area contributed by atoms with Crippen molar-refractivity contribution in [1.82, 2.24) is 0 Å². The fraction of sp³-hybridized carbons (Fsp3) is 0.952. The number of hydrogen-bond donors (Lipinski definition) is 2. The minimum atomic E-state index is -0.305. The fourth-order valence-electron chi connectivity index (χ4n) is 7.88. The molecule has 0 bridgehead atoms. The van der Waals surface area contributed by atoms with Crippen molar-refractivity contribution in [2.24, 2.45) is 40.4 Å². The molecule has 3 heteroatoms. The fourth-order valence-corrected chi connectivity index (χ4v) is 7.88. The van der Waals surface area contributed by atoms with Gasteiger partial charge in [-0.25, -0.2) is 0 Å². The number of hydrogen-bond acceptors (Lipinski definition) is 3. The maximum atomic E-state index is 13.3. The lowest BCUT2D eigenvalue weighted by molar-refractivity contribution is -0.163. The minimum absolute atomic E-state index is 0.00376. The van der Waals surface area contributed by atoms with Gasteiger partial charge in [-0.2, -0.15) is 0 Å². The molecule has 4 rings (SSSR count). The molecular formula is C21H34O3. The number of ketones is 1. The first-order chi connectivity index (χ1) is 11.3. The number of Topliss-reactive ketones (excluding diaryl/α,β-unsaturated/α-hetero) is 1. The highest BCUT2D eigenvalue weighted by Gasteiger charge is 2.63. The van der Waals surface area contributed by atoms with Gasteiger partial charge < -0.3 is 10.2 Å². The van der Waals surface area contributed by atoms with Crippen LogP contribution in [0.4, 0.5) is 0 Å². The van der Waals surface area contributed by atoms with E-state index in [9.17, 15) is 15.0 Å². The molecule has 136 valence electrons. The van der Waals surface area contributed by atoms with E-state index < -0.39 is 0 Å². The average Bonchev–Trinajstić information content (AvgIpc) is 2.84. The highest BCUT2D eigenvalue weighted by molar-refractivity contribution is 5.84. The third-order valence-electron chi connectivity index (χ3n) is 8.98. The summed E-state index contributed by atoms with van der Waals surface area (Å²) in [7, 11) is 0. The van der Waals surface area contributed by atoms with Gasteiger partial charge >= 0.3 is 0 Å². The highest BCUT2D eigenvalue weighted by atomic mass is 16.3. The molecule has 0 aromatic carbocycles. The van der Waals surface area contributed by atoms with Gasteiger partial charge in [0.25, 0.3) is 0 Å². The molecule has 0 unspecified atom stereocenters. The van der Waals surface area contributed by atoms with E-state index in [1.54, 1.807) is 0 Å². The quantitative estimate of drug-likeness (QED) is 0.771. The van der Waals surface area contributed by atoms with Crippen molar-refractivity contribution in [3.63, 3.8) is 0 Å². The number of aliphatic hydroxyl groups excluding tert-OH is 2. The van der Waals surface area contributed by atoms with Gasteiger partial charge in [-0.1, -0.05) is 13.8 Å². The molecule has 24 heavy (non-hydrogen) atoms. The summed E-state index contributed by atoms with van der Waals surface area (Å²) in [6.45, 7) is 6.55. The number of carbonyl (C=O) groups excluding carboxylic acids is 1. The SMILES string of the molecule is C[C@H](O)[C@H]1CC[C@@H]2[C@@H]3CC[C@@H]4C[C@H](O)CC[C@]4(C)[C@@H]3C(=O)C[C@@]21C. The molecule has 0 heterocycles. The van der Waals surface area contributed by atoms with E-state index in [0.717, 1.165) is 32.1 Å². The molecule has 0 spiro atoms. The van der Waals surface area contributed by atoms with Gasteiger partial charge in [0, 0.05) is 12.3 Å². The number of carbonyl (C=O) groups is 1. The van der Waals surface area contributed by atoms with Crippen LogP contribution in [0.5, 0.6) is 0 Å². The van der Waals surface area contributed by atoms with Crippen LogP contribution in [0.3, 0.4) is 0 Å². The zero-order chi connectivity index (χ0) is 17.3. The Kier molecular flexibility index (Phi) is 3.93. The Hall–Kier alpha value is -0.410. The molecule has 4 aliphatic rings. The first kappa shape index (κ1) is 17.0. The molecule has 0 radical (unpaired) electrons. The monoisotopic (exact) mass is 334 g/mol. The summed E-state index contributed by atoms with van der Waals surface area (Å²) in [6.07, 6.45) is 7.56. The molecular weight excluding hydrogens is 300 g/mol. The van der Waals surface area contributed by atoms with Crippen LogP contribution in [0.25, 0.3) is 0 Å². The smallest absolute Gasteiger partial charge is 0.137 e. The maximum Gasteiger partial charge on any atom is 0.137 e. The Morgan fingerprint density at radius 2 is 1.83 bits per heavy atom. The molecule has 2 N–H and O–H groups in total. The van der Waals surface area contributed by atoms with E-state index in [-0.39, 0.29) is 34.9 Å². The second-order valence-electron chi connectivity index (χ2n) is 10.0. The van der Waals surface area contributed by atoms with Crippen LogP contribution in [0.2, 0.25) is 0 Å². The van der Waals surface area contributed by atoms with Crippen molar-refractivity contribution in [3.05, 3.63) is 0 Å². The lowest BCUT2D eigenvalue weighted by Gasteiger charge is -2.60. The summed E-state index contributed by atoms with van der Waals surface area (Å²) < 4.78 is 0. The van der Waals surface area contributed by atoms with Gasteiger partial charge in [0.2, 0.25) is 0 Å². The summed E-state index contributed by atoms with van der Waals surface area (Å²) in [5.41, 5.74) is 0.104. The van der Waals surface area contributed by atoms with Crippen LogP contribution in [-0.2, 0) is 4.79 Å². The zero-order valence-electron chi connectivity index (χ0n) is 15.5. The Bertz CT molecular complexity index is 529. The van der Waals surface area contributed by atoms with E-state index in [0.29, 0.717) is 30.0 Å². The van der Waals surface area contributed by atoms with E-state index in [4.69, 9.17) is 0 Å². The van der Waals surface area contributed by atoms with Gasteiger partial charge in [-0.05, 0) is 86.4 Å². The van der Waals surface area contributed by atoms with Crippen molar-refractivity contribution < 1.29 is 15.0 Å². The summed E-state index contributed by atoms with van der Waals surface area (Å²) in [5, 5.41) is 20.4. The summed E-state index contributed by atoms with van der Waals surface area (Å²) >= 11 is 0. The maximum absolute atomic E-state index is 13.3.